The Kier molecular flexibility index (Phi) is 10.4. The zero-order valence-corrected chi connectivity index (χ0v) is 24.0. The van der Waals surface area contributed by atoms with Gasteiger partial charge in [0.1, 0.15) is 27.8 Å². The molecule has 1 unspecified atom stereocenters. The van der Waals surface area contributed by atoms with Crippen LogP contribution in [-0.4, -0.2) is 27.5 Å². The first-order valence-electron chi connectivity index (χ1n) is 12.3. The van der Waals surface area contributed by atoms with E-state index in [1.807, 2.05) is 86.4 Å². The molecule has 192 valence electrons. The van der Waals surface area contributed by atoms with Crippen LogP contribution in [0.5, 0.6) is 23.0 Å². The van der Waals surface area contributed by atoms with Gasteiger partial charge in [0.05, 0.1) is 13.2 Å². The molecule has 0 aliphatic rings. The highest BCUT2D eigenvalue weighted by molar-refractivity contribution is 9.09. The molecule has 0 saturated carbocycles. The van der Waals surface area contributed by atoms with Gasteiger partial charge >= 0.3 is 5.97 Å². The van der Waals surface area contributed by atoms with Crippen LogP contribution in [0.2, 0.25) is 19.6 Å². The number of para-hydroxylation sites is 1. The minimum absolute atomic E-state index is 0.261. The maximum Gasteiger partial charge on any atom is 0.310 e. The van der Waals surface area contributed by atoms with E-state index in [0.29, 0.717) is 19.0 Å². The highest BCUT2D eigenvalue weighted by atomic mass is 79.9. The number of halogens is 1. The van der Waals surface area contributed by atoms with Crippen LogP contribution in [0.1, 0.15) is 35.7 Å². The zero-order chi connectivity index (χ0) is 26.0. The van der Waals surface area contributed by atoms with Crippen LogP contribution in [0, 0.1) is 0 Å². The Morgan fingerprint density at radius 3 is 2.31 bits per heavy atom. The second-order valence-corrected chi connectivity index (χ2v) is 14.8. The average molecular weight is 572 g/mol. The Bertz CT molecular complexity index is 1110. The maximum absolute atomic E-state index is 12.4. The molecular weight excluding hydrogens is 536 g/mol. The van der Waals surface area contributed by atoms with E-state index in [9.17, 15) is 4.79 Å². The molecule has 0 aromatic heterocycles. The van der Waals surface area contributed by atoms with Crippen LogP contribution in [0.3, 0.4) is 0 Å². The van der Waals surface area contributed by atoms with Crippen molar-refractivity contribution in [3.05, 3.63) is 83.9 Å². The molecule has 3 aromatic rings. The third-order valence-electron chi connectivity index (χ3n) is 5.11. The lowest BCUT2D eigenvalue weighted by molar-refractivity contribution is -0.134. The van der Waals surface area contributed by atoms with E-state index >= 15 is 0 Å². The molecule has 0 aliphatic heterocycles. The fourth-order valence-electron chi connectivity index (χ4n) is 3.53. The Hall–Kier alpha value is -2.77. The van der Waals surface area contributed by atoms with E-state index < -0.39 is 13.1 Å². The summed E-state index contributed by atoms with van der Waals surface area (Å²) in [4.78, 5) is 11.9. The van der Waals surface area contributed by atoms with Gasteiger partial charge in [0, 0.05) is 6.42 Å². The van der Waals surface area contributed by atoms with Gasteiger partial charge in [-0.15, -0.1) is 0 Å². The van der Waals surface area contributed by atoms with E-state index in [1.165, 1.54) is 0 Å². The molecule has 0 spiro atoms. The summed E-state index contributed by atoms with van der Waals surface area (Å²) in [6, 6.07) is 23.3. The lowest BCUT2D eigenvalue weighted by atomic mass is 10.1. The van der Waals surface area contributed by atoms with E-state index in [0.717, 1.165) is 47.6 Å². The highest BCUT2D eigenvalue weighted by Crippen LogP contribution is 2.30. The molecule has 0 heterocycles. The first kappa shape index (κ1) is 27.8. The van der Waals surface area contributed by atoms with Gasteiger partial charge in [0.25, 0.3) is 0 Å². The number of ether oxygens (including phenoxy) is 3. The number of hydrogen-bond donors (Lipinski definition) is 0. The summed E-state index contributed by atoms with van der Waals surface area (Å²) < 4.78 is 23.6. The quantitative estimate of drug-likeness (QED) is 0.118. The number of carbonyl (C=O) groups is 1. The fourth-order valence-corrected chi connectivity index (χ4v) is 4.80. The van der Waals surface area contributed by atoms with Crippen molar-refractivity contribution in [2.45, 2.75) is 50.7 Å². The van der Waals surface area contributed by atoms with Crippen LogP contribution in [0.25, 0.3) is 0 Å². The van der Waals surface area contributed by atoms with Gasteiger partial charge in [-0.3, -0.25) is 4.79 Å². The first-order chi connectivity index (χ1) is 17.2. The lowest BCUT2D eigenvalue weighted by Crippen LogP contribution is -2.30. The first-order valence-corrected chi connectivity index (χ1v) is 16.7. The lowest BCUT2D eigenvalue weighted by Gasteiger charge is -2.20. The number of benzene rings is 3. The highest BCUT2D eigenvalue weighted by Gasteiger charge is 2.26. The average Bonchev–Trinajstić information content (AvgIpc) is 2.84. The van der Waals surface area contributed by atoms with Crippen LogP contribution < -0.4 is 14.2 Å². The molecule has 0 bridgehead atoms. The van der Waals surface area contributed by atoms with Crippen molar-refractivity contribution in [1.82, 2.24) is 0 Å². The number of aryl methyl sites for hydroxylation is 1. The topological polar surface area (TPSA) is 54.0 Å². The van der Waals surface area contributed by atoms with Gasteiger partial charge in [-0.25, -0.2) is 0 Å². The van der Waals surface area contributed by atoms with Gasteiger partial charge in [0.2, 0.25) is 8.32 Å². The van der Waals surface area contributed by atoms with E-state index in [1.54, 1.807) is 0 Å². The number of carbonyl (C=O) groups excluding carboxylic acids is 1. The SMILES string of the molecule is CCCc1cc(Oc2ccccc2)ccc1OCCCOc1cccc(C(Br)C(=O)O[Si](C)(C)C)c1. The normalized spacial score (nSPS) is 12.0. The van der Waals surface area contributed by atoms with Crippen molar-refractivity contribution in [2.75, 3.05) is 13.2 Å². The summed E-state index contributed by atoms with van der Waals surface area (Å²) in [7, 11) is -1.95. The number of alkyl halides is 1. The Morgan fingerprint density at radius 2 is 1.58 bits per heavy atom. The third-order valence-corrected chi connectivity index (χ3v) is 6.83. The molecule has 0 amide bonds. The predicted molar refractivity (Wildman–Crippen MR) is 150 cm³/mol. The van der Waals surface area contributed by atoms with Crippen molar-refractivity contribution in [1.29, 1.82) is 0 Å². The van der Waals surface area contributed by atoms with Crippen LogP contribution in [0.4, 0.5) is 0 Å². The van der Waals surface area contributed by atoms with E-state index in [-0.39, 0.29) is 5.97 Å². The molecule has 1 atom stereocenters. The number of hydrogen-bond acceptors (Lipinski definition) is 5. The second kappa shape index (κ2) is 13.5. The van der Waals surface area contributed by atoms with Gasteiger partial charge < -0.3 is 18.6 Å². The van der Waals surface area contributed by atoms with E-state index in [2.05, 4.69) is 28.9 Å². The van der Waals surface area contributed by atoms with E-state index in [4.69, 9.17) is 18.6 Å². The summed E-state index contributed by atoms with van der Waals surface area (Å²) in [5, 5.41) is 0. The minimum Gasteiger partial charge on any atom is -0.519 e. The summed E-state index contributed by atoms with van der Waals surface area (Å²) in [5.41, 5.74) is 1.95. The molecular formula is C29H35BrO5Si. The van der Waals surface area contributed by atoms with Gasteiger partial charge in [-0.2, -0.15) is 0 Å². The standard InChI is InChI=1S/C29H35BrO5Si/c1-5-11-22-20-26(34-24-13-7-6-8-14-24)16-17-27(22)33-19-10-18-32-25-15-9-12-23(21-25)28(30)29(31)35-36(2,3)4/h6-9,12-17,20-21,28H,5,10-11,18-19H2,1-4H3. The fraction of sp³-hybridized carbons (Fsp3) is 0.345. The summed E-state index contributed by atoms with van der Waals surface area (Å²) >= 11 is 3.46. The van der Waals surface area contributed by atoms with Crippen LogP contribution in [-0.2, 0) is 15.6 Å². The Labute approximate surface area is 224 Å². The van der Waals surface area contributed by atoms with Gasteiger partial charge in [-0.1, -0.05) is 59.6 Å². The maximum atomic E-state index is 12.4. The van der Waals surface area contributed by atoms with Crippen molar-refractivity contribution in [2.24, 2.45) is 0 Å². The third kappa shape index (κ3) is 9.02. The summed E-state index contributed by atoms with van der Waals surface area (Å²) in [5.74, 6) is 2.95. The zero-order valence-electron chi connectivity index (χ0n) is 21.5. The Morgan fingerprint density at radius 1 is 0.861 bits per heavy atom. The number of rotatable bonds is 13. The summed E-state index contributed by atoms with van der Waals surface area (Å²) in [6.07, 6.45) is 2.66. The van der Waals surface area contributed by atoms with Gasteiger partial charge in [0.15, 0.2) is 0 Å². The molecule has 3 rings (SSSR count). The molecule has 0 aliphatic carbocycles. The van der Waals surface area contributed by atoms with Crippen molar-refractivity contribution in [3.8, 4) is 23.0 Å². The molecule has 0 N–H and O–H groups in total. The molecule has 7 heteroatoms. The molecule has 5 nitrogen and oxygen atoms in total. The van der Waals surface area contributed by atoms with Crippen LogP contribution in [0.15, 0.2) is 72.8 Å². The Balaban J connectivity index is 1.50. The molecule has 36 heavy (non-hydrogen) atoms. The van der Waals surface area contributed by atoms with Gasteiger partial charge in [-0.05, 0) is 79.7 Å². The van der Waals surface area contributed by atoms with Crippen molar-refractivity contribution < 1.29 is 23.4 Å². The van der Waals surface area contributed by atoms with Crippen LogP contribution >= 0.6 is 15.9 Å². The molecule has 0 radical (unpaired) electrons. The second-order valence-electron chi connectivity index (χ2n) is 9.45. The molecule has 0 fully saturated rings. The summed E-state index contributed by atoms with van der Waals surface area (Å²) in [6.45, 7) is 9.17. The minimum atomic E-state index is -1.95. The monoisotopic (exact) mass is 570 g/mol. The largest absolute Gasteiger partial charge is 0.519 e. The molecule has 3 aromatic carbocycles. The van der Waals surface area contributed by atoms with Crippen molar-refractivity contribution in [3.63, 3.8) is 0 Å². The smallest absolute Gasteiger partial charge is 0.310 e. The molecule has 0 saturated heterocycles. The van der Waals surface area contributed by atoms with Crippen molar-refractivity contribution >= 4 is 30.2 Å². The predicted octanol–water partition coefficient (Wildman–Crippen LogP) is 8.09.